The van der Waals surface area contributed by atoms with Crippen LogP contribution in [0.4, 0.5) is 5.13 Å². The Bertz CT molecular complexity index is 926. The van der Waals surface area contributed by atoms with Crippen LogP contribution in [-0.4, -0.2) is 20.4 Å². The number of nitrogens with zero attached hydrogens (tertiary/aromatic N) is 3. The summed E-state index contributed by atoms with van der Waals surface area (Å²) in [5.74, 6) is 1.58. The van der Waals surface area contributed by atoms with Gasteiger partial charge in [-0.3, -0.25) is 10.1 Å². The molecule has 2 aromatic heterocycles. The second-order valence-electron chi connectivity index (χ2n) is 6.99. The van der Waals surface area contributed by atoms with Crippen LogP contribution in [0, 0.1) is 12.8 Å². The normalized spacial score (nSPS) is 16.3. The fourth-order valence-electron chi connectivity index (χ4n) is 3.29. The summed E-state index contributed by atoms with van der Waals surface area (Å²) in [6.07, 6.45) is 7.03. The van der Waals surface area contributed by atoms with Crippen LogP contribution >= 0.6 is 11.3 Å². The largest absolute Gasteiger partial charge is 0.331 e. The SMILES string of the molecule is Cc1nccn1Cc1ccc(C(=O)Nc2nc3c(s2)CC(C)CC3)cc1. The molecule has 1 amide bonds. The molecule has 1 unspecified atom stereocenters. The van der Waals surface area contributed by atoms with Crippen molar-refractivity contribution in [3.63, 3.8) is 0 Å². The molecule has 1 aliphatic rings. The summed E-state index contributed by atoms with van der Waals surface area (Å²) in [5.41, 5.74) is 2.95. The number of hydrogen-bond acceptors (Lipinski definition) is 4. The summed E-state index contributed by atoms with van der Waals surface area (Å²) in [6, 6.07) is 7.71. The summed E-state index contributed by atoms with van der Waals surface area (Å²) >= 11 is 1.62. The molecule has 0 saturated heterocycles. The average molecular weight is 366 g/mol. The van der Waals surface area contributed by atoms with E-state index >= 15 is 0 Å². The van der Waals surface area contributed by atoms with Gasteiger partial charge in [0.1, 0.15) is 5.82 Å². The van der Waals surface area contributed by atoms with Gasteiger partial charge < -0.3 is 4.57 Å². The van der Waals surface area contributed by atoms with E-state index < -0.39 is 0 Å². The Kier molecular flexibility index (Phi) is 4.59. The fraction of sp³-hybridized carbons (Fsp3) is 0.350. The zero-order chi connectivity index (χ0) is 18.1. The highest BCUT2D eigenvalue weighted by molar-refractivity contribution is 7.15. The summed E-state index contributed by atoms with van der Waals surface area (Å²) in [6.45, 7) is 5.01. The lowest BCUT2D eigenvalue weighted by Crippen LogP contribution is -2.12. The van der Waals surface area contributed by atoms with Crippen LogP contribution in [0.15, 0.2) is 36.7 Å². The number of rotatable bonds is 4. The lowest BCUT2D eigenvalue weighted by molar-refractivity contribution is 0.102. The van der Waals surface area contributed by atoms with Crippen molar-refractivity contribution in [2.75, 3.05) is 5.32 Å². The van der Waals surface area contributed by atoms with Gasteiger partial charge >= 0.3 is 0 Å². The summed E-state index contributed by atoms with van der Waals surface area (Å²) < 4.78 is 2.08. The number of benzene rings is 1. The molecule has 1 aromatic carbocycles. The summed E-state index contributed by atoms with van der Waals surface area (Å²) in [7, 11) is 0. The van der Waals surface area contributed by atoms with E-state index in [1.165, 1.54) is 11.3 Å². The Morgan fingerprint density at radius 2 is 2.15 bits per heavy atom. The minimum absolute atomic E-state index is 0.102. The van der Waals surface area contributed by atoms with Crippen molar-refractivity contribution in [2.24, 2.45) is 5.92 Å². The van der Waals surface area contributed by atoms with Crippen molar-refractivity contribution in [3.8, 4) is 0 Å². The number of imidazole rings is 1. The van der Waals surface area contributed by atoms with Gasteiger partial charge in [-0.2, -0.15) is 0 Å². The molecule has 4 rings (SSSR count). The quantitative estimate of drug-likeness (QED) is 0.757. The topological polar surface area (TPSA) is 59.8 Å². The molecule has 0 aliphatic heterocycles. The van der Waals surface area contributed by atoms with Gasteiger partial charge in [-0.05, 0) is 49.8 Å². The van der Waals surface area contributed by atoms with Crippen LogP contribution in [0.25, 0.3) is 0 Å². The fourth-order valence-corrected chi connectivity index (χ4v) is 4.46. The van der Waals surface area contributed by atoms with E-state index in [0.29, 0.717) is 16.6 Å². The van der Waals surface area contributed by atoms with E-state index in [1.807, 2.05) is 37.4 Å². The Morgan fingerprint density at radius 1 is 1.35 bits per heavy atom. The first kappa shape index (κ1) is 17.0. The van der Waals surface area contributed by atoms with Crippen LogP contribution in [-0.2, 0) is 19.4 Å². The predicted molar refractivity (Wildman–Crippen MR) is 104 cm³/mol. The maximum Gasteiger partial charge on any atom is 0.257 e. The highest BCUT2D eigenvalue weighted by Crippen LogP contribution is 2.32. The molecule has 0 bridgehead atoms. The zero-order valence-corrected chi connectivity index (χ0v) is 15.8. The number of fused-ring (bicyclic) bond motifs is 1. The maximum absolute atomic E-state index is 12.5. The lowest BCUT2D eigenvalue weighted by Gasteiger charge is -2.15. The monoisotopic (exact) mass is 366 g/mol. The second-order valence-corrected chi connectivity index (χ2v) is 8.07. The number of anilines is 1. The highest BCUT2D eigenvalue weighted by atomic mass is 32.1. The van der Waals surface area contributed by atoms with Crippen molar-refractivity contribution in [2.45, 2.75) is 39.7 Å². The highest BCUT2D eigenvalue weighted by Gasteiger charge is 2.20. The van der Waals surface area contributed by atoms with Crippen LogP contribution in [0.5, 0.6) is 0 Å². The molecule has 0 saturated carbocycles. The molecule has 1 aliphatic carbocycles. The Labute approximate surface area is 157 Å². The van der Waals surface area contributed by atoms with E-state index in [2.05, 4.69) is 26.8 Å². The predicted octanol–water partition coefficient (Wildman–Crippen LogP) is 4.07. The van der Waals surface area contributed by atoms with Crippen LogP contribution in [0.3, 0.4) is 0 Å². The van der Waals surface area contributed by atoms with Gasteiger partial charge in [-0.15, -0.1) is 11.3 Å². The van der Waals surface area contributed by atoms with Gasteiger partial charge in [0, 0.05) is 29.4 Å². The number of aromatic nitrogens is 3. The molecular weight excluding hydrogens is 344 g/mol. The third kappa shape index (κ3) is 3.55. The molecule has 0 spiro atoms. The third-order valence-corrected chi connectivity index (χ3v) is 5.93. The lowest BCUT2D eigenvalue weighted by atomic mass is 9.93. The molecule has 1 N–H and O–H groups in total. The second kappa shape index (κ2) is 7.03. The van der Waals surface area contributed by atoms with Gasteiger partial charge in [0.15, 0.2) is 5.13 Å². The minimum Gasteiger partial charge on any atom is -0.331 e. The molecule has 6 heteroatoms. The van der Waals surface area contributed by atoms with Gasteiger partial charge in [0.2, 0.25) is 0 Å². The number of amides is 1. The number of carbonyl (C=O) groups excluding carboxylic acids is 1. The Balaban J connectivity index is 1.43. The van der Waals surface area contributed by atoms with Crippen LogP contribution in [0.2, 0.25) is 0 Å². The Hall–Kier alpha value is -2.47. The smallest absolute Gasteiger partial charge is 0.257 e. The molecule has 0 radical (unpaired) electrons. The molecule has 2 heterocycles. The molecule has 3 aromatic rings. The number of aryl methyl sites for hydroxylation is 2. The number of thiazole rings is 1. The van der Waals surface area contributed by atoms with Gasteiger partial charge in [-0.25, -0.2) is 9.97 Å². The number of nitrogens with one attached hydrogen (secondary N) is 1. The van der Waals surface area contributed by atoms with Crippen molar-refractivity contribution in [3.05, 3.63) is 64.2 Å². The first-order valence-electron chi connectivity index (χ1n) is 8.95. The summed E-state index contributed by atoms with van der Waals surface area (Å²) in [5, 5.41) is 3.67. The molecule has 134 valence electrons. The molecular formula is C20H22N4OS. The first-order chi connectivity index (χ1) is 12.6. The minimum atomic E-state index is -0.102. The standard InChI is InChI=1S/C20H22N4OS/c1-13-3-8-17-18(11-13)26-20(22-17)23-19(25)16-6-4-15(5-7-16)12-24-10-9-21-14(24)2/h4-7,9-10,13H,3,8,11-12H2,1-2H3,(H,22,23,25). The number of hydrogen-bond donors (Lipinski definition) is 1. The van der Waals surface area contributed by atoms with Crippen LogP contribution < -0.4 is 5.32 Å². The molecule has 5 nitrogen and oxygen atoms in total. The Morgan fingerprint density at radius 3 is 2.88 bits per heavy atom. The molecule has 0 fully saturated rings. The number of carbonyl (C=O) groups is 1. The average Bonchev–Trinajstić information content (AvgIpc) is 3.21. The van der Waals surface area contributed by atoms with Crippen molar-refractivity contribution < 1.29 is 4.79 Å². The van der Waals surface area contributed by atoms with Gasteiger partial charge in [0.05, 0.1) is 5.69 Å². The molecule has 1 atom stereocenters. The van der Waals surface area contributed by atoms with E-state index in [0.717, 1.165) is 36.5 Å². The van der Waals surface area contributed by atoms with E-state index in [-0.39, 0.29) is 5.91 Å². The van der Waals surface area contributed by atoms with E-state index in [4.69, 9.17) is 0 Å². The summed E-state index contributed by atoms with van der Waals surface area (Å²) in [4.78, 5) is 22.7. The molecule has 26 heavy (non-hydrogen) atoms. The van der Waals surface area contributed by atoms with Gasteiger partial charge in [0.25, 0.3) is 5.91 Å². The van der Waals surface area contributed by atoms with Crippen molar-refractivity contribution >= 4 is 22.4 Å². The maximum atomic E-state index is 12.5. The van der Waals surface area contributed by atoms with Crippen molar-refractivity contribution in [1.82, 2.24) is 14.5 Å². The zero-order valence-electron chi connectivity index (χ0n) is 15.0. The van der Waals surface area contributed by atoms with E-state index in [1.54, 1.807) is 17.5 Å². The first-order valence-corrected chi connectivity index (χ1v) is 9.77. The van der Waals surface area contributed by atoms with Crippen LogP contribution in [0.1, 0.15) is 45.7 Å². The van der Waals surface area contributed by atoms with E-state index in [9.17, 15) is 4.79 Å². The van der Waals surface area contributed by atoms with Gasteiger partial charge in [-0.1, -0.05) is 19.1 Å². The third-order valence-electron chi connectivity index (χ3n) is 4.90. The van der Waals surface area contributed by atoms with Crippen molar-refractivity contribution in [1.29, 1.82) is 0 Å².